The van der Waals surface area contributed by atoms with Crippen LogP contribution in [0.25, 0.3) is 11.0 Å². The number of rotatable bonds is 2. The van der Waals surface area contributed by atoms with Crippen molar-refractivity contribution in [1.29, 1.82) is 0 Å². The topological polar surface area (TPSA) is 56.2 Å². The fourth-order valence-corrected chi connectivity index (χ4v) is 2.39. The van der Waals surface area contributed by atoms with Crippen LogP contribution < -0.4 is 5.73 Å². The zero-order valence-electron chi connectivity index (χ0n) is 9.89. The second-order valence-electron chi connectivity index (χ2n) is 4.18. The summed E-state index contributed by atoms with van der Waals surface area (Å²) in [6, 6.07) is 14.5. The van der Waals surface area contributed by atoms with E-state index in [0.29, 0.717) is 16.8 Å². The van der Waals surface area contributed by atoms with Crippen molar-refractivity contribution >= 4 is 38.4 Å². The third-order valence-corrected chi connectivity index (χ3v) is 3.42. The minimum atomic E-state index is -0.213. The van der Waals surface area contributed by atoms with Gasteiger partial charge in [0.25, 0.3) is 0 Å². The van der Waals surface area contributed by atoms with E-state index in [9.17, 15) is 4.79 Å². The van der Waals surface area contributed by atoms with E-state index in [1.165, 1.54) is 0 Å². The Morgan fingerprint density at radius 2 is 1.89 bits per heavy atom. The highest BCUT2D eigenvalue weighted by Gasteiger charge is 2.19. The summed E-state index contributed by atoms with van der Waals surface area (Å²) in [5.74, 6) is -0.0192. The number of para-hydroxylation sites is 1. The van der Waals surface area contributed by atoms with E-state index >= 15 is 0 Å². The first-order valence-corrected chi connectivity index (χ1v) is 6.53. The Morgan fingerprint density at radius 3 is 2.63 bits per heavy atom. The minimum absolute atomic E-state index is 0.194. The van der Waals surface area contributed by atoms with Crippen LogP contribution in [0, 0.1) is 0 Å². The number of ketones is 1. The predicted octanol–water partition coefficient (Wildman–Crippen LogP) is 4.01. The molecule has 0 radical (unpaired) electrons. The molecule has 19 heavy (non-hydrogen) atoms. The molecule has 0 unspecified atom stereocenters. The van der Waals surface area contributed by atoms with Gasteiger partial charge >= 0.3 is 0 Å². The number of fused-ring (bicyclic) bond motifs is 1. The van der Waals surface area contributed by atoms with Crippen LogP contribution in [0.1, 0.15) is 16.1 Å². The smallest absolute Gasteiger partial charge is 0.230 e. The number of carbonyl (C=O) groups is 1. The van der Waals surface area contributed by atoms with Gasteiger partial charge in [-0.25, -0.2) is 0 Å². The molecule has 0 aliphatic rings. The zero-order chi connectivity index (χ0) is 13.4. The lowest BCUT2D eigenvalue weighted by molar-refractivity contribution is 0.101. The van der Waals surface area contributed by atoms with E-state index < -0.39 is 0 Å². The SMILES string of the molecule is Nc1c(C(=O)c2cccc(Br)c2)oc2ccccc12. The largest absolute Gasteiger partial charge is 0.450 e. The number of halogens is 1. The van der Waals surface area contributed by atoms with Gasteiger partial charge in [-0.1, -0.05) is 40.2 Å². The van der Waals surface area contributed by atoms with Crippen molar-refractivity contribution in [2.24, 2.45) is 0 Å². The van der Waals surface area contributed by atoms with Gasteiger partial charge in [-0.15, -0.1) is 0 Å². The molecule has 0 saturated heterocycles. The third-order valence-electron chi connectivity index (χ3n) is 2.93. The van der Waals surface area contributed by atoms with Crippen LogP contribution in [0.4, 0.5) is 5.69 Å². The Kier molecular flexibility index (Phi) is 2.87. The molecule has 0 aliphatic heterocycles. The Morgan fingerprint density at radius 1 is 1.11 bits per heavy atom. The molecule has 1 heterocycles. The van der Waals surface area contributed by atoms with Gasteiger partial charge in [0, 0.05) is 15.4 Å². The Hall–Kier alpha value is -2.07. The zero-order valence-corrected chi connectivity index (χ0v) is 11.5. The summed E-state index contributed by atoms with van der Waals surface area (Å²) in [6.45, 7) is 0. The number of hydrogen-bond acceptors (Lipinski definition) is 3. The standard InChI is InChI=1S/C15H10BrNO2/c16-10-5-3-4-9(8-10)14(18)15-13(17)11-6-1-2-7-12(11)19-15/h1-8H,17H2. The maximum atomic E-state index is 12.4. The average molecular weight is 316 g/mol. The van der Waals surface area contributed by atoms with Gasteiger partial charge in [0.15, 0.2) is 5.76 Å². The van der Waals surface area contributed by atoms with Gasteiger partial charge in [0.2, 0.25) is 5.78 Å². The monoisotopic (exact) mass is 315 g/mol. The van der Waals surface area contributed by atoms with Crippen molar-refractivity contribution in [1.82, 2.24) is 0 Å². The van der Waals surface area contributed by atoms with E-state index in [2.05, 4.69) is 15.9 Å². The van der Waals surface area contributed by atoms with E-state index in [0.717, 1.165) is 9.86 Å². The number of carbonyl (C=O) groups excluding carboxylic acids is 1. The Labute approximate surface area is 118 Å². The number of anilines is 1. The highest BCUT2D eigenvalue weighted by atomic mass is 79.9. The lowest BCUT2D eigenvalue weighted by Gasteiger charge is -1.99. The number of furan rings is 1. The minimum Gasteiger partial charge on any atom is -0.450 e. The van der Waals surface area contributed by atoms with Crippen LogP contribution in [0.3, 0.4) is 0 Å². The Balaban J connectivity index is 2.14. The van der Waals surface area contributed by atoms with Crippen LogP contribution in [-0.4, -0.2) is 5.78 Å². The molecule has 3 aromatic rings. The summed E-state index contributed by atoms with van der Waals surface area (Å²) in [5.41, 5.74) is 7.54. The van der Waals surface area contributed by atoms with Gasteiger partial charge in [-0.2, -0.15) is 0 Å². The maximum Gasteiger partial charge on any atom is 0.230 e. The lowest BCUT2D eigenvalue weighted by Crippen LogP contribution is -2.02. The van der Waals surface area contributed by atoms with Crippen molar-refractivity contribution in [3.63, 3.8) is 0 Å². The Bertz CT molecular complexity index is 777. The molecule has 3 rings (SSSR count). The fraction of sp³-hybridized carbons (Fsp3) is 0. The van der Waals surface area contributed by atoms with Crippen LogP contribution in [-0.2, 0) is 0 Å². The number of benzene rings is 2. The predicted molar refractivity (Wildman–Crippen MR) is 78.2 cm³/mol. The van der Waals surface area contributed by atoms with E-state index in [1.807, 2.05) is 24.3 Å². The molecule has 0 spiro atoms. The molecule has 0 atom stereocenters. The molecular formula is C15H10BrNO2. The second-order valence-corrected chi connectivity index (χ2v) is 5.10. The summed E-state index contributed by atoms with van der Waals surface area (Å²) < 4.78 is 6.41. The lowest BCUT2D eigenvalue weighted by atomic mass is 10.1. The van der Waals surface area contributed by atoms with Crippen LogP contribution in [0.2, 0.25) is 0 Å². The molecule has 0 aliphatic carbocycles. The normalized spacial score (nSPS) is 10.8. The number of nitrogens with two attached hydrogens (primary N) is 1. The third kappa shape index (κ3) is 2.04. The highest BCUT2D eigenvalue weighted by molar-refractivity contribution is 9.10. The molecule has 0 bridgehead atoms. The summed E-state index contributed by atoms with van der Waals surface area (Å²) in [7, 11) is 0. The molecule has 2 aromatic carbocycles. The van der Waals surface area contributed by atoms with Crippen molar-refractivity contribution in [2.75, 3.05) is 5.73 Å². The van der Waals surface area contributed by atoms with E-state index in [-0.39, 0.29) is 11.5 Å². The molecule has 94 valence electrons. The van der Waals surface area contributed by atoms with Crippen LogP contribution in [0.15, 0.2) is 57.4 Å². The molecule has 0 fully saturated rings. The van der Waals surface area contributed by atoms with Crippen LogP contribution >= 0.6 is 15.9 Å². The molecule has 1 aromatic heterocycles. The van der Waals surface area contributed by atoms with Crippen molar-refractivity contribution in [2.45, 2.75) is 0 Å². The molecule has 2 N–H and O–H groups in total. The van der Waals surface area contributed by atoms with Gasteiger partial charge in [0.05, 0.1) is 5.69 Å². The fourth-order valence-electron chi connectivity index (χ4n) is 1.99. The number of nitrogen functional groups attached to an aromatic ring is 1. The first kappa shape index (κ1) is 12.0. The summed E-state index contributed by atoms with van der Waals surface area (Å²) >= 11 is 3.34. The van der Waals surface area contributed by atoms with E-state index in [1.54, 1.807) is 24.3 Å². The van der Waals surface area contributed by atoms with Crippen molar-refractivity contribution in [3.8, 4) is 0 Å². The molecular weight excluding hydrogens is 306 g/mol. The van der Waals surface area contributed by atoms with E-state index in [4.69, 9.17) is 10.2 Å². The van der Waals surface area contributed by atoms with Gasteiger partial charge in [-0.3, -0.25) is 4.79 Å². The summed E-state index contributed by atoms with van der Waals surface area (Å²) in [5, 5.41) is 0.765. The molecule has 3 nitrogen and oxygen atoms in total. The summed E-state index contributed by atoms with van der Waals surface area (Å²) in [6.07, 6.45) is 0. The van der Waals surface area contributed by atoms with Gasteiger partial charge in [-0.05, 0) is 24.3 Å². The van der Waals surface area contributed by atoms with Crippen molar-refractivity contribution in [3.05, 3.63) is 64.3 Å². The molecule has 0 saturated carbocycles. The molecule has 4 heteroatoms. The second kappa shape index (κ2) is 4.55. The summed E-state index contributed by atoms with van der Waals surface area (Å²) in [4.78, 5) is 12.4. The quantitative estimate of drug-likeness (QED) is 0.727. The van der Waals surface area contributed by atoms with Gasteiger partial charge in [0.1, 0.15) is 5.58 Å². The average Bonchev–Trinajstić information content (AvgIpc) is 2.76. The molecule has 0 amide bonds. The van der Waals surface area contributed by atoms with Crippen molar-refractivity contribution < 1.29 is 9.21 Å². The van der Waals surface area contributed by atoms with Crippen LogP contribution in [0.5, 0.6) is 0 Å². The maximum absolute atomic E-state index is 12.4. The number of hydrogen-bond donors (Lipinski definition) is 1. The van der Waals surface area contributed by atoms with Gasteiger partial charge < -0.3 is 10.2 Å². The highest BCUT2D eigenvalue weighted by Crippen LogP contribution is 2.30. The first-order valence-electron chi connectivity index (χ1n) is 5.74. The first-order chi connectivity index (χ1) is 9.16.